The molecule has 5 nitrogen and oxygen atoms in total. The molecule has 1 amide bonds. The molecule has 8 heteroatoms. The smallest absolute Gasteiger partial charge is 0.341 e. The average molecular weight is 415 g/mol. The van der Waals surface area contributed by atoms with Crippen molar-refractivity contribution < 1.29 is 19.4 Å². The number of amides is 1. The molecule has 0 bridgehead atoms. The first-order chi connectivity index (χ1) is 10.9. The molecule has 0 spiro atoms. The van der Waals surface area contributed by atoms with Crippen LogP contribution in [0.1, 0.15) is 12.5 Å². The Morgan fingerprint density at radius 3 is 2.87 bits per heavy atom. The highest BCUT2D eigenvalue weighted by Crippen LogP contribution is 2.24. The largest absolute Gasteiger partial charge is 0.481 e. The predicted octanol–water partition coefficient (Wildman–Crippen LogP) is 1.95. The molecule has 0 saturated heterocycles. The minimum Gasteiger partial charge on any atom is -0.481 e. The zero-order chi connectivity index (χ0) is 17.0. The zero-order valence-electron chi connectivity index (χ0n) is 12.0. The van der Waals surface area contributed by atoms with Crippen molar-refractivity contribution in [3.05, 3.63) is 34.3 Å². The summed E-state index contributed by atoms with van der Waals surface area (Å²) >= 11 is 8.51. The van der Waals surface area contributed by atoms with Crippen molar-refractivity contribution in [1.29, 1.82) is 0 Å². The van der Waals surface area contributed by atoms with Gasteiger partial charge in [-0.15, -0.1) is 5.37 Å². The van der Waals surface area contributed by atoms with Gasteiger partial charge in [-0.05, 0) is 22.5 Å². The number of hydrogen-bond donors (Lipinski definition) is 2. The maximum Gasteiger partial charge on any atom is 0.341 e. The first-order valence-corrected chi connectivity index (χ1v) is 8.94. The summed E-state index contributed by atoms with van der Waals surface area (Å²) in [6.45, 7) is 1.48. The van der Waals surface area contributed by atoms with E-state index in [0.29, 0.717) is 10.1 Å². The van der Waals surface area contributed by atoms with Gasteiger partial charge in [0, 0.05) is 10.0 Å². The highest BCUT2D eigenvalue weighted by atomic mass is 79.9. The molecule has 2 N–H and O–H groups in total. The van der Waals surface area contributed by atoms with Crippen LogP contribution in [0.5, 0.6) is 5.75 Å². The third-order valence-electron chi connectivity index (χ3n) is 2.82. The van der Waals surface area contributed by atoms with Gasteiger partial charge in [-0.1, -0.05) is 47.2 Å². The quantitative estimate of drug-likeness (QED) is 0.437. The summed E-state index contributed by atoms with van der Waals surface area (Å²) in [5, 5.41) is 12.9. The molecular formula is C15H13BrNO4S2-. The first kappa shape index (κ1) is 17.7. The summed E-state index contributed by atoms with van der Waals surface area (Å²) in [5.41, 5.74) is 0.730. The van der Waals surface area contributed by atoms with Crippen molar-refractivity contribution in [2.45, 2.75) is 6.92 Å². The van der Waals surface area contributed by atoms with Gasteiger partial charge >= 0.3 is 5.97 Å². The fourth-order valence-electron chi connectivity index (χ4n) is 1.79. The summed E-state index contributed by atoms with van der Waals surface area (Å²) < 4.78 is 6.63. The number of carbonyl (C=O) groups is 2. The molecule has 2 rings (SSSR count). The lowest BCUT2D eigenvalue weighted by molar-refractivity contribution is -0.139. The number of halogens is 1. The van der Waals surface area contributed by atoms with Crippen LogP contribution in [0, 0.1) is 0 Å². The molecule has 1 aliphatic rings. The van der Waals surface area contributed by atoms with E-state index in [2.05, 4.69) is 21.2 Å². The van der Waals surface area contributed by atoms with Crippen molar-refractivity contribution in [3.63, 3.8) is 0 Å². The van der Waals surface area contributed by atoms with Gasteiger partial charge in [0.2, 0.25) is 5.91 Å². The molecule has 0 atom stereocenters. The van der Waals surface area contributed by atoms with Gasteiger partial charge in [-0.2, -0.15) is 4.86 Å². The molecule has 0 radical (unpaired) electrons. The van der Waals surface area contributed by atoms with Gasteiger partial charge < -0.3 is 25.2 Å². The molecule has 1 aromatic carbocycles. The highest BCUT2D eigenvalue weighted by Gasteiger charge is 2.05. The molecule has 0 saturated carbocycles. The Bertz CT molecular complexity index is 808. The topological polar surface area (TPSA) is 75.6 Å². The molecule has 1 aromatic rings. The Labute approximate surface area is 149 Å². The summed E-state index contributed by atoms with van der Waals surface area (Å²) in [4.78, 5) is 22.9. The zero-order valence-corrected chi connectivity index (χ0v) is 15.3. The number of carboxylic acids is 1. The molecule has 122 valence electrons. The number of thiocarbonyl (C=S) groups is 1. The fraction of sp³-hybridized carbons (Fsp3) is 0.133. The Balaban J connectivity index is 2.32. The lowest BCUT2D eigenvalue weighted by Crippen LogP contribution is -2.21. The van der Waals surface area contributed by atoms with Gasteiger partial charge in [-0.25, -0.2) is 4.79 Å². The van der Waals surface area contributed by atoms with Crippen LogP contribution in [0.2, 0.25) is 0 Å². The summed E-state index contributed by atoms with van der Waals surface area (Å²) in [6.07, 6.45) is 3.66. The number of carboxylic acid groups (broad SMARTS) is 1. The number of rotatable bonds is 5. The van der Waals surface area contributed by atoms with Gasteiger partial charge in [-0.3, -0.25) is 4.79 Å². The second-order valence-electron chi connectivity index (χ2n) is 4.54. The number of allylic oxidation sites excluding steroid dienone is 1. The summed E-state index contributed by atoms with van der Waals surface area (Å²) in [6, 6.07) is 5.29. The average Bonchev–Trinajstić information content (AvgIpc) is 2.82. The Morgan fingerprint density at radius 1 is 1.52 bits per heavy atom. The number of aliphatic carboxylic acids is 1. The van der Waals surface area contributed by atoms with Crippen LogP contribution in [0.15, 0.2) is 28.7 Å². The normalized spacial score (nSPS) is 17.8. The van der Waals surface area contributed by atoms with E-state index in [1.54, 1.807) is 17.5 Å². The van der Waals surface area contributed by atoms with E-state index in [-0.39, 0.29) is 5.91 Å². The van der Waals surface area contributed by atoms with Crippen molar-refractivity contribution in [2.75, 3.05) is 6.61 Å². The van der Waals surface area contributed by atoms with E-state index >= 15 is 0 Å². The lowest BCUT2D eigenvalue weighted by atomic mass is 10.2. The van der Waals surface area contributed by atoms with Gasteiger partial charge in [0.05, 0.1) is 0 Å². The van der Waals surface area contributed by atoms with Gasteiger partial charge in [0.25, 0.3) is 0 Å². The summed E-state index contributed by atoms with van der Waals surface area (Å²) in [7, 11) is -0.515. The number of hydrogen-bond acceptors (Lipinski definition) is 5. The van der Waals surface area contributed by atoms with Crippen LogP contribution in [-0.4, -0.2) is 38.1 Å². The summed E-state index contributed by atoms with van der Waals surface area (Å²) in [5.74, 6) is -0.753. The minimum atomic E-state index is -1.04. The molecule has 0 fully saturated rings. The van der Waals surface area contributed by atoms with Crippen molar-refractivity contribution >= 4 is 70.7 Å². The van der Waals surface area contributed by atoms with Crippen molar-refractivity contribution in [1.82, 2.24) is 5.32 Å². The number of ether oxygens (including phenoxy) is 1. The maximum atomic E-state index is 11.3. The second kappa shape index (κ2) is 7.76. The van der Waals surface area contributed by atoms with Gasteiger partial charge in [0.1, 0.15) is 5.75 Å². The van der Waals surface area contributed by atoms with E-state index in [1.165, 1.54) is 0 Å². The molecule has 0 aromatic heterocycles. The monoisotopic (exact) mass is 414 g/mol. The molecule has 0 unspecified atom stereocenters. The fourth-order valence-corrected chi connectivity index (χ4v) is 4.09. The number of carbonyl (C=O) groups excluding carboxylic acids is 1. The second-order valence-corrected chi connectivity index (χ2v) is 8.09. The lowest BCUT2D eigenvalue weighted by Gasteiger charge is -2.11. The van der Waals surface area contributed by atoms with Crippen LogP contribution in [-0.2, 0) is 19.7 Å². The molecule has 1 aliphatic heterocycles. The molecular weight excluding hydrogens is 402 g/mol. The van der Waals surface area contributed by atoms with Crippen molar-refractivity contribution in [2.24, 2.45) is 0 Å². The van der Waals surface area contributed by atoms with Crippen molar-refractivity contribution in [3.8, 4) is 5.75 Å². The van der Waals surface area contributed by atoms with Crippen LogP contribution in [0.4, 0.5) is 0 Å². The van der Waals surface area contributed by atoms with Crippen LogP contribution in [0.25, 0.3) is 6.08 Å². The van der Waals surface area contributed by atoms with Crippen LogP contribution in [0.3, 0.4) is 0 Å². The maximum absolute atomic E-state index is 11.3. The van der Waals surface area contributed by atoms with E-state index in [1.807, 2.05) is 25.1 Å². The van der Waals surface area contributed by atoms with Crippen LogP contribution < -0.4 is 10.1 Å². The van der Waals surface area contributed by atoms with E-state index in [0.717, 1.165) is 14.9 Å². The third kappa shape index (κ3) is 4.92. The minimum absolute atomic E-state index is 0.181. The van der Waals surface area contributed by atoms with E-state index < -0.39 is 22.6 Å². The standard InChI is InChI=1S/C15H13BrNO4S2/c1-9(23-8-13(18)17-15(23)22)2-3-10-6-11(16)4-5-12(10)21-7-14(19)20/h2-6,8H,7H2,1H3,(H,19,20)(H,17,18,22)/q-1. The Kier molecular flexibility index (Phi) is 5.97. The first-order valence-electron chi connectivity index (χ1n) is 6.45. The van der Waals surface area contributed by atoms with Crippen LogP contribution >= 0.6 is 28.1 Å². The van der Waals surface area contributed by atoms with Gasteiger partial charge in [0.15, 0.2) is 6.61 Å². The molecule has 1 heterocycles. The third-order valence-corrected chi connectivity index (χ3v) is 5.73. The van der Waals surface area contributed by atoms with E-state index in [9.17, 15) is 9.59 Å². The van der Waals surface area contributed by atoms with E-state index in [4.69, 9.17) is 22.1 Å². The Morgan fingerprint density at radius 2 is 2.26 bits per heavy atom. The molecule has 23 heavy (non-hydrogen) atoms. The Hall–Kier alpha value is -1.64. The number of nitrogens with one attached hydrogen (secondary N) is 1. The SMILES string of the molecule is CC(C=Cc1cc(Br)ccc1OCC(=O)O)=[S-]1=CC(=O)NC1=S. The predicted molar refractivity (Wildman–Crippen MR) is 101 cm³/mol. The number of benzene rings is 1. The highest BCUT2D eigenvalue weighted by molar-refractivity contribution is 9.10. The molecule has 0 aliphatic carbocycles.